The minimum absolute atomic E-state index is 0.124. The van der Waals surface area contributed by atoms with Crippen molar-refractivity contribution in [3.8, 4) is 11.5 Å². The molecule has 0 atom stereocenters. The van der Waals surface area contributed by atoms with E-state index in [9.17, 15) is 13.2 Å². The zero-order chi connectivity index (χ0) is 24.6. The number of hydrogen-bond acceptors (Lipinski definition) is 5. The van der Waals surface area contributed by atoms with Crippen LogP contribution < -0.4 is 19.1 Å². The molecule has 0 spiro atoms. The summed E-state index contributed by atoms with van der Waals surface area (Å²) in [5.74, 6) is 0.933. The number of carbonyl (C=O) groups is 1. The van der Waals surface area contributed by atoms with Crippen molar-refractivity contribution in [3.63, 3.8) is 0 Å². The van der Waals surface area contributed by atoms with E-state index in [1.807, 2.05) is 18.2 Å². The summed E-state index contributed by atoms with van der Waals surface area (Å²) in [6.45, 7) is 0.0853. The molecule has 0 bridgehead atoms. The summed E-state index contributed by atoms with van der Waals surface area (Å²) in [4.78, 5) is 12.8. The largest absolute Gasteiger partial charge is 0.493 e. The van der Waals surface area contributed by atoms with Crippen LogP contribution in [0.4, 0.5) is 5.69 Å². The number of sulfonamides is 1. The monoisotopic (exact) mass is 546 g/mol. The van der Waals surface area contributed by atoms with E-state index in [1.54, 1.807) is 56.7 Å². The number of benzene rings is 3. The Hall–Kier alpha value is -3.04. The van der Waals surface area contributed by atoms with E-state index in [0.717, 1.165) is 20.8 Å². The van der Waals surface area contributed by atoms with E-state index in [1.165, 1.54) is 12.1 Å². The normalized spacial score (nSPS) is 11.0. The molecule has 0 aliphatic rings. The molecule has 0 aliphatic carbocycles. The van der Waals surface area contributed by atoms with E-state index < -0.39 is 10.0 Å². The molecule has 7 nitrogen and oxygen atoms in total. The molecule has 0 fully saturated rings. The average Bonchev–Trinajstić information content (AvgIpc) is 2.86. The highest BCUT2D eigenvalue weighted by atomic mass is 79.9. The first-order chi connectivity index (χ1) is 16.3. The van der Waals surface area contributed by atoms with E-state index in [0.29, 0.717) is 30.2 Å². The molecule has 0 unspecified atom stereocenters. The zero-order valence-electron chi connectivity index (χ0n) is 19.0. The molecule has 0 aromatic heterocycles. The maximum atomic E-state index is 13.3. The first kappa shape index (κ1) is 25.6. The quantitative estimate of drug-likeness (QED) is 0.360. The summed E-state index contributed by atoms with van der Waals surface area (Å²) >= 11 is 3.36. The van der Waals surface area contributed by atoms with Gasteiger partial charge in [-0.2, -0.15) is 0 Å². The third kappa shape index (κ3) is 6.51. The van der Waals surface area contributed by atoms with Crippen molar-refractivity contribution in [3.05, 3.63) is 82.8 Å². The number of rotatable bonds is 11. The number of nitrogens with one attached hydrogen (secondary N) is 1. The summed E-state index contributed by atoms with van der Waals surface area (Å²) in [7, 11) is -0.747. The van der Waals surface area contributed by atoms with Crippen LogP contribution in [0.1, 0.15) is 12.0 Å². The van der Waals surface area contributed by atoms with Gasteiger partial charge in [0.05, 0.1) is 24.8 Å². The Balaban J connectivity index is 1.65. The molecule has 0 radical (unpaired) electrons. The van der Waals surface area contributed by atoms with Gasteiger partial charge in [-0.3, -0.25) is 9.10 Å². The SMILES string of the molecule is COc1ccc(CCCNC(=O)CN(c2ccc(Br)cc2)S(=O)(=O)c2ccccc2)cc1OC. The lowest BCUT2D eigenvalue weighted by Crippen LogP contribution is -2.41. The number of anilines is 1. The number of hydrogen-bond donors (Lipinski definition) is 1. The molecule has 0 saturated heterocycles. The van der Waals surface area contributed by atoms with Gasteiger partial charge in [0.1, 0.15) is 6.54 Å². The number of amides is 1. The number of ether oxygens (including phenoxy) is 2. The summed E-state index contributed by atoms with van der Waals surface area (Å²) in [6.07, 6.45) is 1.41. The molecule has 0 aliphatic heterocycles. The summed E-state index contributed by atoms with van der Waals surface area (Å²) in [6, 6.07) is 20.6. The highest BCUT2D eigenvalue weighted by Crippen LogP contribution is 2.28. The van der Waals surface area contributed by atoms with Crippen LogP contribution >= 0.6 is 15.9 Å². The van der Waals surface area contributed by atoms with Crippen LogP contribution in [-0.4, -0.2) is 41.6 Å². The predicted octanol–water partition coefficient (Wildman–Crippen LogP) is 4.41. The molecular formula is C25H27BrN2O5S. The topological polar surface area (TPSA) is 84.9 Å². The second kappa shape index (κ2) is 11.9. The predicted molar refractivity (Wildman–Crippen MR) is 136 cm³/mol. The third-order valence-corrected chi connectivity index (χ3v) is 7.46. The van der Waals surface area contributed by atoms with Crippen LogP contribution in [-0.2, 0) is 21.2 Å². The maximum Gasteiger partial charge on any atom is 0.264 e. The van der Waals surface area contributed by atoms with Gasteiger partial charge < -0.3 is 14.8 Å². The lowest BCUT2D eigenvalue weighted by molar-refractivity contribution is -0.119. The van der Waals surface area contributed by atoms with Gasteiger partial charge in [-0.15, -0.1) is 0 Å². The highest BCUT2D eigenvalue weighted by molar-refractivity contribution is 9.10. The first-order valence-corrected chi connectivity index (χ1v) is 12.9. The minimum Gasteiger partial charge on any atom is -0.493 e. The van der Waals surface area contributed by atoms with Gasteiger partial charge in [-0.1, -0.05) is 40.2 Å². The van der Waals surface area contributed by atoms with E-state index in [4.69, 9.17) is 9.47 Å². The Labute approximate surface area is 208 Å². The number of carbonyl (C=O) groups excluding carboxylic acids is 1. The summed E-state index contributed by atoms with van der Waals surface area (Å²) in [5.41, 5.74) is 1.46. The highest BCUT2D eigenvalue weighted by Gasteiger charge is 2.27. The molecule has 3 aromatic carbocycles. The molecule has 1 N–H and O–H groups in total. The van der Waals surface area contributed by atoms with Crippen LogP contribution in [0.25, 0.3) is 0 Å². The number of aryl methyl sites for hydroxylation is 1. The molecule has 1 amide bonds. The van der Waals surface area contributed by atoms with Crippen molar-refractivity contribution < 1.29 is 22.7 Å². The molecule has 3 rings (SSSR count). The Morgan fingerprint density at radius 3 is 2.26 bits per heavy atom. The van der Waals surface area contributed by atoms with Gasteiger partial charge in [-0.25, -0.2) is 8.42 Å². The van der Waals surface area contributed by atoms with Crippen molar-refractivity contribution in [1.82, 2.24) is 5.32 Å². The Bertz CT molecular complexity index is 1200. The second-order valence-corrected chi connectivity index (χ2v) is 10.2. The van der Waals surface area contributed by atoms with Crippen molar-refractivity contribution in [2.75, 3.05) is 31.6 Å². The molecular weight excluding hydrogens is 520 g/mol. The Morgan fingerprint density at radius 2 is 1.62 bits per heavy atom. The molecule has 0 saturated carbocycles. The number of methoxy groups -OCH3 is 2. The van der Waals surface area contributed by atoms with Gasteiger partial charge in [0.15, 0.2) is 11.5 Å². The molecule has 3 aromatic rings. The van der Waals surface area contributed by atoms with E-state index in [2.05, 4.69) is 21.2 Å². The smallest absolute Gasteiger partial charge is 0.264 e. The van der Waals surface area contributed by atoms with Crippen molar-refractivity contribution in [2.45, 2.75) is 17.7 Å². The van der Waals surface area contributed by atoms with Gasteiger partial charge >= 0.3 is 0 Å². The van der Waals surface area contributed by atoms with Crippen molar-refractivity contribution >= 4 is 37.5 Å². The molecule has 9 heteroatoms. The summed E-state index contributed by atoms with van der Waals surface area (Å²) in [5, 5.41) is 2.83. The van der Waals surface area contributed by atoms with Gasteiger partial charge in [0.25, 0.3) is 10.0 Å². The van der Waals surface area contributed by atoms with Crippen LogP contribution in [0.15, 0.2) is 82.2 Å². The van der Waals surface area contributed by atoms with Crippen LogP contribution in [0, 0.1) is 0 Å². The fourth-order valence-corrected chi connectivity index (χ4v) is 5.09. The maximum absolute atomic E-state index is 13.3. The fourth-order valence-electron chi connectivity index (χ4n) is 3.38. The minimum atomic E-state index is -3.92. The van der Waals surface area contributed by atoms with Gasteiger partial charge in [-0.05, 0) is 66.9 Å². The molecule has 0 heterocycles. The summed E-state index contributed by atoms with van der Waals surface area (Å²) < 4.78 is 39.1. The third-order valence-electron chi connectivity index (χ3n) is 5.15. The van der Waals surface area contributed by atoms with E-state index in [-0.39, 0.29) is 17.3 Å². The fraction of sp³-hybridized carbons (Fsp3) is 0.240. The average molecular weight is 547 g/mol. The van der Waals surface area contributed by atoms with Gasteiger partial charge in [0, 0.05) is 11.0 Å². The van der Waals surface area contributed by atoms with Crippen LogP contribution in [0.2, 0.25) is 0 Å². The van der Waals surface area contributed by atoms with Crippen molar-refractivity contribution in [2.24, 2.45) is 0 Å². The van der Waals surface area contributed by atoms with Crippen LogP contribution in [0.5, 0.6) is 11.5 Å². The second-order valence-electron chi connectivity index (χ2n) is 7.44. The first-order valence-electron chi connectivity index (χ1n) is 10.7. The lowest BCUT2D eigenvalue weighted by atomic mass is 10.1. The van der Waals surface area contributed by atoms with Crippen molar-refractivity contribution in [1.29, 1.82) is 0 Å². The van der Waals surface area contributed by atoms with E-state index >= 15 is 0 Å². The lowest BCUT2D eigenvalue weighted by Gasteiger charge is -2.24. The van der Waals surface area contributed by atoms with Gasteiger partial charge in [0.2, 0.25) is 5.91 Å². The molecule has 180 valence electrons. The number of halogens is 1. The zero-order valence-corrected chi connectivity index (χ0v) is 21.4. The molecule has 34 heavy (non-hydrogen) atoms. The standard InChI is InChI=1S/C25H27BrN2O5S/c1-32-23-15-10-19(17-24(23)33-2)7-6-16-27-25(29)18-28(21-13-11-20(26)12-14-21)34(30,31)22-8-4-3-5-9-22/h3-5,8-15,17H,6-7,16,18H2,1-2H3,(H,27,29). The number of nitrogens with zero attached hydrogens (tertiary/aromatic N) is 1. The van der Waals surface area contributed by atoms with Crippen LogP contribution in [0.3, 0.4) is 0 Å². The Kier molecular flexibility index (Phi) is 8.95. The Morgan fingerprint density at radius 1 is 0.941 bits per heavy atom.